The highest BCUT2D eigenvalue weighted by Crippen LogP contribution is 2.22. The van der Waals surface area contributed by atoms with E-state index in [0.717, 1.165) is 22.2 Å². The van der Waals surface area contributed by atoms with Crippen molar-refractivity contribution < 1.29 is 4.79 Å². The number of carbonyl (C=O) groups is 1. The van der Waals surface area contributed by atoms with Gasteiger partial charge in [-0.05, 0) is 25.1 Å². The Morgan fingerprint density at radius 1 is 1.27 bits per heavy atom. The van der Waals surface area contributed by atoms with E-state index in [0.29, 0.717) is 5.56 Å². The molecule has 3 aromatic rings. The summed E-state index contributed by atoms with van der Waals surface area (Å²) in [5, 5.41) is 5.19. The summed E-state index contributed by atoms with van der Waals surface area (Å²) in [5.41, 5.74) is 6.25. The minimum Gasteiger partial charge on any atom is -0.347 e. The molecule has 2 aromatic heterocycles. The number of fused-ring (bicyclic) bond motifs is 1. The van der Waals surface area contributed by atoms with Crippen LogP contribution in [0, 0.1) is 6.92 Å². The maximum atomic E-state index is 11.9. The van der Waals surface area contributed by atoms with Crippen LogP contribution in [0.4, 0.5) is 0 Å². The van der Waals surface area contributed by atoms with Crippen LogP contribution in [0.1, 0.15) is 21.6 Å². The van der Waals surface area contributed by atoms with Gasteiger partial charge in [0.05, 0.1) is 11.8 Å². The second kappa shape index (κ2) is 5.81. The summed E-state index contributed by atoms with van der Waals surface area (Å²) in [6.07, 6.45) is 4.82. The van der Waals surface area contributed by atoms with Crippen molar-refractivity contribution in [3.8, 4) is 0 Å². The van der Waals surface area contributed by atoms with Crippen molar-refractivity contribution in [2.24, 2.45) is 12.1 Å². The summed E-state index contributed by atoms with van der Waals surface area (Å²) in [4.78, 5) is 15.8. The first-order valence-corrected chi connectivity index (χ1v) is 6.96. The fourth-order valence-corrected chi connectivity index (χ4v) is 2.43. The van der Waals surface area contributed by atoms with E-state index in [1.165, 1.54) is 6.20 Å². The summed E-state index contributed by atoms with van der Waals surface area (Å²) in [7, 11) is 2.02. The largest absolute Gasteiger partial charge is 0.347 e. The predicted octanol–water partition coefficient (Wildman–Crippen LogP) is 2.65. The molecular formula is C17H16N4O. The number of benzene rings is 1. The summed E-state index contributed by atoms with van der Waals surface area (Å²) >= 11 is 0. The third kappa shape index (κ3) is 2.48. The number of hydrogen-bond donors (Lipinski definition) is 1. The van der Waals surface area contributed by atoms with Crippen LogP contribution in [-0.4, -0.2) is 21.7 Å². The van der Waals surface area contributed by atoms with E-state index in [2.05, 4.69) is 26.1 Å². The molecule has 1 aromatic carbocycles. The molecule has 0 saturated heterocycles. The molecule has 110 valence electrons. The number of rotatable bonds is 3. The van der Waals surface area contributed by atoms with E-state index in [4.69, 9.17) is 0 Å². The van der Waals surface area contributed by atoms with Gasteiger partial charge in [-0.3, -0.25) is 9.78 Å². The lowest BCUT2D eigenvalue weighted by molar-refractivity contribution is 0.0955. The van der Waals surface area contributed by atoms with Gasteiger partial charge >= 0.3 is 0 Å². The quantitative estimate of drug-likeness (QED) is 0.596. The lowest BCUT2D eigenvalue weighted by Gasteiger charge is -1.99. The minimum absolute atomic E-state index is 0.276. The maximum Gasteiger partial charge on any atom is 0.272 e. The van der Waals surface area contributed by atoms with E-state index >= 15 is 0 Å². The lowest BCUT2D eigenvalue weighted by atomic mass is 10.1. The molecule has 2 heterocycles. The Hall–Kier alpha value is -2.95. The molecule has 0 radical (unpaired) electrons. The molecule has 22 heavy (non-hydrogen) atoms. The fourth-order valence-electron chi connectivity index (χ4n) is 2.43. The Bertz CT molecular complexity index is 850. The molecule has 1 N–H and O–H groups in total. The lowest BCUT2D eigenvalue weighted by Crippen LogP contribution is -2.17. The third-order valence-corrected chi connectivity index (χ3v) is 3.73. The zero-order valence-corrected chi connectivity index (χ0v) is 12.4. The highest BCUT2D eigenvalue weighted by Gasteiger charge is 2.09. The number of hydrazone groups is 1. The highest BCUT2D eigenvalue weighted by molar-refractivity contribution is 6.02. The number of pyridine rings is 1. The van der Waals surface area contributed by atoms with Crippen LogP contribution < -0.4 is 5.43 Å². The molecule has 0 saturated carbocycles. The number of para-hydroxylation sites is 1. The van der Waals surface area contributed by atoms with Crippen molar-refractivity contribution in [3.63, 3.8) is 0 Å². The number of amides is 1. The first-order chi connectivity index (χ1) is 10.7. The molecule has 1 amide bonds. The number of aryl methyl sites for hydroxylation is 1. The molecule has 5 nitrogen and oxygen atoms in total. The number of hydrogen-bond acceptors (Lipinski definition) is 3. The smallest absolute Gasteiger partial charge is 0.272 e. The van der Waals surface area contributed by atoms with E-state index in [1.54, 1.807) is 24.5 Å². The van der Waals surface area contributed by atoms with Gasteiger partial charge in [-0.25, -0.2) is 5.43 Å². The van der Waals surface area contributed by atoms with Gasteiger partial charge in [0.2, 0.25) is 0 Å². The summed E-state index contributed by atoms with van der Waals surface area (Å²) in [5.74, 6) is -0.276. The van der Waals surface area contributed by atoms with Gasteiger partial charge < -0.3 is 4.57 Å². The Morgan fingerprint density at radius 2 is 2.09 bits per heavy atom. The van der Waals surface area contributed by atoms with Gasteiger partial charge in [-0.2, -0.15) is 5.10 Å². The topological polar surface area (TPSA) is 59.3 Å². The minimum atomic E-state index is -0.276. The van der Waals surface area contributed by atoms with Crippen LogP contribution >= 0.6 is 0 Å². The van der Waals surface area contributed by atoms with Crippen LogP contribution in [-0.2, 0) is 7.05 Å². The Kier molecular flexibility index (Phi) is 3.70. The monoisotopic (exact) mass is 292 g/mol. The average Bonchev–Trinajstić information content (AvgIpc) is 2.81. The van der Waals surface area contributed by atoms with Crippen molar-refractivity contribution in [2.75, 3.05) is 0 Å². The second-order valence-corrected chi connectivity index (χ2v) is 5.02. The number of nitrogens with one attached hydrogen (secondary N) is 1. The van der Waals surface area contributed by atoms with Crippen LogP contribution in [0.25, 0.3) is 10.9 Å². The van der Waals surface area contributed by atoms with E-state index < -0.39 is 0 Å². The van der Waals surface area contributed by atoms with Crippen molar-refractivity contribution in [3.05, 3.63) is 65.6 Å². The van der Waals surface area contributed by atoms with Gasteiger partial charge in [0.1, 0.15) is 0 Å². The molecule has 0 spiro atoms. The van der Waals surface area contributed by atoms with Crippen LogP contribution in [0.5, 0.6) is 0 Å². The van der Waals surface area contributed by atoms with E-state index in [1.807, 2.05) is 32.2 Å². The molecular weight excluding hydrogens is 276 g/mol. The van der Waals surface area contributed by atoms with E-state index in [-0.39, 0.29) is 5.91 Å². The first-order valence-electron chi connectivity index (χ1n) is 6.96. The van der Waals surface area contributed by atoms with Crippen molar-refractivity contribution in [1.82, 2.24) is 15.0 Å². The molecule has 5 heteroatoms. The molecule has 0 unspecified atom stereocenters. The molecule has 3 rings (SSSR count). The number of aromatic nitrogens is 2. The Balaban J connectivity index is 1.85. The van der Waals surface area contributed by atoms with Crippen molar-refractivity contribution in [2.45, 2.75) is 6.92 Å². The maximum absolute atomic E-state index is 11.9. The van der Waals surface area contributed by atoms with Gasteiger partial charge in [0.15, 0.2) is 0 Å². The van der Waals surface area contributed by atoms with Crippen molar-refractivity contribution >= 4 is 23.0 Å². The summed E-state index contributed by atoms with van der Waals surface area (Å²) in [6.45, 7) is 2.03. The second-order valence-electron chi connectivity index (χ2n) is 5.02. The Morgan fingerprint density at radius 3 is 2.86 bits per heavy atom. The standard InChI is InChI=1S/C17H16N4O/c1-12-15(14-7-3-4-8-16(14)21(12)2)11-19-20-17(22)13-6-5-9-18-10-13/h3-11H,1-2H3,(H,20,22)/b19-11-. The predicted molar refractivity (Wildman–Crippen MR) is 87.0 cm³/mol. The first kappa shape index (κ1) is 14.0. The van der Waals surface area contributed by atoms with Crippen LogP contribution in [0.3, 0.4) is 0 Å². The van der Waals surface area contributed by atoms with Gasteiger partial charge in [-0.15, -0.1) is 0 Å². The number of nitrogens with zero attached hydrogens (tertiary/aromatic N) is 3. The van der Waals surface area contributed by atoms with Gasteiger partial charge in [-0.1, -0.05) is 18.2 Å². The molecule has 0 atom stereocenters. The average molecular weight is 292 g/mol. The molecule has 0 fully saturated rings. The van der Waals surface area contributed by atoms with Crippen molar-refractivity contribution in [1.29, 1.82) is 0 Å². The fraction of sp³-hybridized carbons (Fsp3) is 0.118. The van der Waals surface area contributed by atoms with Gasteiger partial charge in [0.25, 0.3) is 5.91 Å². The summed E-state index contributed by atoms with van der Waals surface area (Å²) in [6, 6.07) is 11.5. The molecule has 0 bridgehead atoms. The Labute approximate surface area is 128 Å². The zero-order valence-electron chi connectivity index (χ0n) is 12.4. The molecule has 0 aliphatic carbocycles. The third-order valence-electron chi connectivity index (χ3n) is 3.73. The van der Waals surface area contributed by atoms with Gasteiger partial charge in [0, 0.05) is 41.6 Å². The van der Waals surface area contributed by atoms with Crippen LogP contribution in [0.2, 0.25) is 0 Å². The normalized spacial score (nSPS) is 11.2. The summed E-state index contributed by atoms with van der Waals surface area (Å²) < 4.78 is 2.11. The zero-order chi connectivity index (χ0) is 15.5. The molecule has 0 aliphatic rings. The highest BCUT2D eigenvalue weighted by atomic mass is 16.2. The number of carbonyl (C=O) groups excluding carboxylic acids is 1. The van der Waals surface area contributed by atoms with E-state index in [9.17, 15) is 4.79 Å². The SMILES string of the molecule is Cc1c(/C=N\NC(=O)c2cccnc2)c2ccccc2n1C. The van der Waals surface area contributed by atoms with Crippen LogP contribution in [0.15, 0.2) is 53.9 Å². The molecule has 0 aliphatic heterocycles.